The van der Waals surface area contributed by atoms with Gasteiger partial charge in [0.2, 0.25) is 0 Å². The van der Waals surface area contributed by atoms with Crippen LogP contribution in [0.5, 0.6) is 0 Å². The van der Waals surface area contributed by atoms with E-state index < -0.39 is 35.8 Å². The van der Waals surface area contributed by atoms with E-state index in [2.05, 4.69) is 4.98 Å². The van der Waals surface area contributed by atoms with Crippen LogP contribution in [0, 0.1) is 0 Å². The van der Waals surface area contributed by atoms with Crippen molar-refractivity contribution < 1.29 is 27.5 Å². The molecule has 2 aromatic rings. The molecule has 0 atom stereocenters. The highest BCUT2D eigenvalue weighted by Crippen LogP contribution is 2.37. The molecule has 1 aromatic carbocycles. The number of amides is 1. The normalized spacial score (nSPS) is 16.8. The van der Waals surface area contributed by atoms with Crippen molar-refractivity contribution >= 4 is 22.8 Å². The molecule has 4 rings (SSSR count). The van der Waals surface area contributed by atoms with E-state index in [0.717, 1.165) is 50.4 Å². The standard InChI is InChI=1S/C22H21F3N2O3/c23-22(24,25)20-16-8-4-5-9-18(16)26-12-17(20)21(29)30-13-19(28)27(15-10-11-15)14-6-2-1-3-7-14/h4-6,8-9,12,15H,1-3,7,10-11,13H2. The maximum absolute atomic E-state index is 13.7. The van der Waals surface area contributed by atoms with Gasteiger partial charge in [0.15, 0.2) is 6.61 Å². The number of rotatable bonds is 5. The van der Waals surface area contributed by atoms with Crippen LogP contribution < -0.4 is 0 Å². The van der Waals surface area contributed by atoms with Crippen LogP contribution in [0.3, 0.4) is 0 Å². The first-order valence-corrected chi connectivity index (χ1v) is 9.99. The molecule has 30 heavy (non-hydrogen) atoms. The summed E-state index contributed by atoms with van der Waals surface area (Å²) in [5, 5.41) is -0.183. The fourth-order valence-corrected chi connectivity index (χ4v) is 3.85. The van der Waals surface area contributed by atoms with Crippen LogP contribution in [0.1, 0.15) is 54.4 Å². The van der Waals surface area contributed by atoms with Gasteiger partial charge in [-0.2, -0.15) is 13.2 Å². The zero-order valence-corrected chi connectivity index (χ0v) is 16.2. The topological polar surface area (TPSA) is 59.5 Å². The summed E-state index contributed by atoms with van der Waals surface area (Å²) >= 11 is 0. The van der Waals surface area contributed by atoms with Crippen LogP contribution in [0.4, 0.5) is 13.2 Å². The molecule has 0 spiro atoms. The lowest BCUT2D eigenvalue weighted by Gasteiger charge is -2.27. The second-order valence-electron chi connectivity index (χ2n) is 7.57. The van der Waals surface area contributed by atoms with Crippen molar-refractivity contribution in [2.24, 2.45) is 0 Å². The SMILES string of the molecule is O=C(OCC(=O)N(C1=CCCCC1)C1CC1)c1cnc2ccccc2c1C(F)(F)F. The number of nitrogens with zero attached hydrogens (tertiary/aromatic N) is 2. The van der Waals surface area contributed by atoms with Crippen molar-refractivity contribution in [2.45, 2.75) is 50.7 Å². The van der Waals surface area contributed by atoms with Gasteiger partial charge in [0, 0.05) is 23.3 Å². The summed E-state index contributed by atoms with van der Waals surface area (Å²) in [5.74, 6) is -1.61. The number of halogens is 3. The summed E-state index contributed by atoms with van der Waals surface area (Å²) in [6.45, 7) is -0.600. The predicted molar refractivity (Wildman–Crippen MR) is 103 cm³/mol. The summed E-state index contributed by atoms with van der Waals surface area (Å²) in [6, 6.07) is 5.81. The Hall–Kier alpha value is -2.90. The van der Waals surface area contributed by atoms with Gasteiger partial charge in [0.05, 0.1) is 16.6 Å². The van der Waals surface area contributed by atoms with Gasteiger partial charge in [-0.25, -0.2) is 4.79 Å². The third kappa shape index (κ3) is 4.17. The molecule has 1 amide bonds. The summed E-state index contributed by atoms with van der Waals surface area (Å²) < 4.78 is 46.1. The number of benzene rings is 1. The average molecular weight is 418 g/mol. The molecule has 8 heteroatoms. The first kappa shape index (κ1) is 20.4. The van der Waals surface area contributed by atoms with E-state index in [-0.39, 0.29) is 16.9 Å². The van der Waals surface area contributed by atoms with Crippen LogP contribution in [0.25, 0.3) is 10.9 Å². The molecule has 2 aliphatic rings. The quantitative estimate of drug-likeness (QED) is 0.651. The van der Waals surface area contributed by atoms with Gasteiger partial charge in [-0.3, -0.25) is 9.78 Å². The largest absolute Gasteiger partial charge is 0.452 e. The highest BCUT2D eigenvalue weighted by Gasteiger charge is 2.39. The van der Waals surface area contributed by atoms with E-state index in [9.17, 15) is 22.8 Å². The lowest BCUT2D eigenvalue weighted by molar-refractivity contribution is -0.136. The van der Waals surface area contributed by atoms with E-state index >= 15 is 0 Å². The maximum Gasteiger partial charge on any atom is 0.417 e. The Morgan fingerprint density at radius 3 is 2.60 bits per heavy atom. The zero-order valence-electron chi connectivity index (χ0n) is 16.2. The number of para-hydroxylation sites is 1. The molecule has 158 valence electrons. The van der Waals surface area contributed by atoms with E-state index in [4.69, 9.17) is 4.74 Å². The molecular weight excluding hydrogens is 397 g/mol. The van der Waals surface area contributed by atoms with Crippen molar-refractivity contribution in [3.8, 4) is 0 Å². The van der Waals surface area contributed by atoms with Crippen LogP contribution in [0.2, 0.25) is 0 Å². The molecule has 0 unspecified atom stereocenters. The number of carbonyl (C=O) groups is 2. The Morgan fingerprint density at radius 2 is 1.93 bits per heavy atom. The molecule has 0 N–H and O–H groups in total. The third-order valence-electron chi connectivity index (χ3n) is 5.36. The number of carbonyl (C=O) groups excluding carboxylic acids is 2. The number of hydrogen-bond donors (Lipinski definition) is 0. The highest BCUT2D eigenvalue weighted by atomic mass is 19.4. The summed E-state index contributed by atoms with van der Waals surface area (Å²) in [6.07, 6.45) is 3.60. The van der Waals surface area contributed by atoms with Crippen LogP contribution >= 0.6 is 0 Å². The summed E-state index contributed by atoms with van der Waals surface area (Å²) in [7, 11) is 0. The lowest BCUT2D eigenvalue weighted by Crippen LogP contribution is -2.36. The minimum absolute atomic E-state index is 0.0913. The fourth-order valence-electron chi connectivity index (χ4n) is 3.85. The summed E-state index contributed by atoms with van der Waals surface area (Å²) in [4.78, 5) is 30.8. The molecule has 1 aromatic heterocycles. The van der Waals surface area contributed by atoms with Crippen molar-refractivity contribution in [2.75, 3.05) is 6.61 Å². The lowest BCUT2D eigenvalue weighted by atomic mass is 10.0. The number of pyridine rings is 1. The van der Waals surface area contributed by atoms with Gasteiger partial charge in [-0.1, -0.05) is 24.3 Å². The Morgan fingerprint density at radius 1 is 1.17 bits per heavy atom. The first-order valence-electron chi connectivity index (χ1n) is 9.99. The molecule has 0 aliphatic heterocycles. The van der Waals surface area contributed by atoms with Crippen LogP contribution in [0.15, 0.2) is 42.2 Å². The van der Waals surface area contributed by atoms with E-state index in [1.165, 1.54) is 18.2 Å². The number of esters is 1. The van der Waals surface area contributed by atoms with Crippen molar-refractivity contribution in [3.05, 3.63) is 53.4 Å². The highest BCUT2D eigenvalue weighted by molar-refractivity contribution is 5.98. The first-order chi connectivity index (χ1) is 14.4. The van der Waals surface area contributed by atoms with Gasteiger partial charge in [0.1, 0.15) is 0 Å². The second kappa shape index (κ2) is 8.08. The van der Waals surface area contributed by atoms with Crippen LogP contribution in [-0.4, -0.2) is 34.4 Å². The molecule has 1 fully saturated rings. The number of alkyl halides is 3. The van der Waals surface area contributed by atoms with Crippen molar-refractivity contribution in [1.29, 1.82) is 0 Å². The van der Waals surface area contributed by atoms with Crippen LogP contribution in [-0.2, 0) is 15.7 Å². The van der Waals surface area contributed by atoms with Gasteiger partial charge >= 0.3 is 12.1 Å². The maximum atomic E-state index is 13.7. The smallest absolute Gasteiger partial charge is 0.417 e. The fraction of sp³-hybridized carbons (Fsp3) is 0.409. The minimum atomic E-state index is -4.77. The number of fused-ring (bicyclic) bond motifs is 1. The molecule has 1 saturated carbocycles. The zero-order chi connectivity index (χ0) is 21.3. The predicted octanol–water partition coefficient (Wildman–Crippen LogP) is 4.86. The van der Waals surface area contributed by atoms with Gasteiger partial charge < -0.3 is 9.64 Å². The molecular formula is C22H21F3N2O3. The minimum Gasteiger partial charge on any atom is -0.452 e. The second-order valence-corrected chi connectivity index (χ2v) is 7.57. The van der Waals surface area contributed by atoms with Gasteiger partial charge in [-0.15, -0.1) is 0 Å². The molecule has 5 nitrogen and oxygen atoms in total. The molecule has 0 radical (unpaired) electrons. The monoisotopic (exact) mass is 418 g/mol. The number of hydrogen-bond acceptors (Lipinski definition) is 4. The average Bonchev–Trinajstić information content (AvgIpc) is 3.56. The Bertz CT molecular complexity index is 1010. The van der Waals surface area contributed by atoms with Gasteiger partial charge in [0.25, 0.3) is 5.91 Å². The van der Waals surface area contributed by atoms with E-state index in [1.807, 2.05) is 6.08 Å². The number of allylic oxidation sites excluding steroid dienone is 2. The van der Waals surface area contributed by atoms with E-state index in [0.29, 0.717) is 0 Å². The third-order valence-corrected chi connectivity index (χ3v) is 5.36. The summed E-state index contributed by atoms with van der Waals surface area (Å²) in [5.41, 5.74) is -0.738. The van der Waals surface area contributed by atoms with E-state index in [1.54, 1.807) is 11.0 Å². The Balaban J connectivity index is 1.55. The Kier molecular flexibility index (Phi) is 5.49. The molecule has 2 aliphatic carbocycles. The number of ether oxygens (including phenoxy) is 1. The van der Waals surface area contributed by atoms with Crippen molar-refractivity contribution in [3.63, 3.8) is 0 Å². The molecule has 0 saturated heterocycles. The Labute approximate surface area is 171 Å². The van der Waals surface area contributed by atoms with Crippen molar-refractivity contribution in [1.82, 2.24) is 9.88 Å². The number of aromatic nitrogens is 1. The van der Waals surface area contributed by atoms with Gasteiger partial charge in [-0.05, 0) is 44.6 Å². The molecule has 0 bridgehead atoms. The molecule has 1 heterocycles.